The summed E-state index contributed by atoms with van der Waals surface area (Å²) in [6.45, 7) is 6.19. The van der Waals surface area contributed by atoms with Crippen molar-refractivity contribution in [1.29, 1.82) is 0 Å². The maximum absolute atomic E-state index is 12.9. The zero-order valence-electron chi connectivity index (χ0n) is 21.2. The summed E-state index contributed by atoms with van der Waals surface area (Å²) in [5.41, 5.74) is 5.33. The predicted octanol–water partition coefficient (Wildman–Crippen LogP) is 4.86. The molecule has 0 atom stereocenters. The zero-order valence-corrected chi connectivity index (χ0v) is 22.1. The first-order valence-electron chi connectivity index (χ1n) is 11.8. The molecule has 8 nitrogen and oxygen atoms in total. The third-order valence-corrected chi connectivity index (χ3v) is 6.84. The molecule has 0 aliphatic rings. The molecule has 0 fully saturated rings. The van der Waals surface area contributed by atoms with Crippen LogP contribution in [0.25, 0.3) is 5.69 Å². The minimum Gasteiger partial charge on any atom is -0.496 e. The second kappa shape index (κ2) is 11.7. The Labute approximate surface area is 220 Å². The van der Waals surface area contributed by atoms with Crippen LogP contribution in [0.3, 0.4) is 0 Å². The molecule has 0 aliphatic heterocycles. The van der Waals surface area contributed by atoms with Crippen molar-refractivity contribution in [3.8, 4) is 11.4 Å². The first-order chi connectivity index (χ1) is 17.9. The van der Waals surface area contributed by atoms with E-state index in [2.05, 4.69) is 20.8 Å². The SMILES string of the molecule is COc1ccccc1C(=O)NCc1nnc(SCC(=O)Nc2cccc(C)c2)n1-c1cccc(C)c1C. The number of methoxy groups -OCH3 is 1. The normalized spacial score (nSPS) is 10.7. The molecule has 190 valence electrons. The summed E-state index contributed by atoms with van der Waals surface area (Å²) >= 11 is 1.29. The Balaban J connectivity index is 1.56. The smallest absolute Gasteiger partial charge is 0.255 e. The highest BCUT2D eigenvalue weighted by atomic mass is 32.2. The quantitative estimate of drug-likeness (QED) is 0.309. The first-order valence-corrected chi connectivity index (χ1v) is 12.8. The fraction of sp³-hybridized carbons (Fsp3) is 0.214. The van der Waals surface area contributed by atoms with Gasteiger partial charge in [0.1, 0.15) is 5.75 Å². The number of amides is 2. The summed E-state index contributed by atoms with van der Waals surface area (Å²) in [6.07, 6.45) is 0. The van der Waals surface area contributed by atoms with Gasteiger partial charge in [-0.15, -0.1) is 10.2 Å². The van der Waals surface area contributed by atoms with Gasteiger partial charge in [-0.2, -0.15) is 0 Å². The number of nitrogens with one attached hydrogen (secondary N) is 2. The lowest BCUT2D eigenvalue weighted by atomic mass is 10.1. The van der Waals surface area contributed by atoms with Gasteiger partial charge in [0, 0.05) is 5.69 Å². The summed E-state index contributed by atoms with van der Waals surface area (Å²) in [6, 6.07) is 20.7. The number of hydrogen-bond donors (Lipinski definition) is 2. The zero-order chi connectivity index (χ0) is 26.4. The Morgan fingerprint density at radius 1 is 0.973 bits per heavy atom. The monoisotopic (exact) mass is 515 g/mol. The number of carbonyl (C=O) groups excluding carboxylic acids is 2. The number of hydrogen-bond acceptors (Lipinski definition) is 6. The van der Waals surface area contributed by atoms with Gasteiger partial charge in [0.25, 0.3) is 5.91 Å². The van der Waals surface area contributed by atoms with E-state index < -0.39 is 0 Å². The molecule has 4 aromatic rings. The third kappa shape index (κ3) is 6.18. The molecule has 0 aliphatic carbocycles. The molecule has 0 spiro atoms. The number of thioether (sulfide) groups is 1. The second-order valence-corrected chi connectivity index (χ2v) is 9.49. The number of carbonyl (C=O) groups is 2. The number of nitrogens with zero attached hydrogens (tertiary/aromatic N) is 3. The van der Waals surface area contributed by atoms with Crippen LogP contribution in [0, 0.1) is 20.8 Å². The third-order valence-electron chi connectivity index (χ3n) is 5.91. The molecule has 0 saturated heterocycles. The van der Waals surface area contributed by atoms with Gasteiger partial charge in [0.2, 0.25) is 5.91 Å². The van der Waals surface area contributed by atoms with E-state index in [4.69, 9.17) is 4.74 Å². The van der Waals surface area contributed by atoms with Gasteiger partial charge in [0.05, 0.1) is 30.7 Å². The van der Waals surface area contributed by atoms with Gasteiger partial charge in [-0.1, -0.05) is 48.2 Å². The fourth-order valence-corrected chi connectivity index (χ4v) is 4.63. The minimum atomic E-state index is -0.278. The van der Waals surface area contributed by atoms with Gasteiger partial charge in [-0.05, 0) is 67.8 Å². The van der Waals surface area contributed by atoms with E-state index in [9.17, 15) is 9.59 Å². The van der Waals surface area contributed by atoms with E-state index in [1.54, 1.807) is 18.2 Å². The first kappa shape index (κ1) is 26.0. The van der Waals surface area contributed by atoms with Crippen molar-refractivity contribution in [2.24, 2.45) is 0 Å². The highest BCUT2D eigenvalue weighted by Gasteiger charge is 2.19. The fourth-order valence-electron chi connectivity index (χ4n) is 3.86. The summed E-state index contributed by atoms with van der Waals surface area (Å²) in [5, 5.41) is 15.1. The molecule has 2 N–H and O–H groups in total. The van der Waals surface area contributed by atoms with Gasteiger partial charge in [-0.25, -0.2) is 0 Å². The van der Waals surface area contributed by atoms with Crippen molar-refractivity contribution in [3.63, 3.8) is 0 Å². The lowest BCUT2D eigenvalue weighted by Gasteiger charge is -2.15. The number of benzene rings is 3. The maximum atomic E-state index is 12.9. The average molecular weight is 516 g/mol. The van der Waals surface area contributed by atoms with E-state index in [1.165, 1.54) is 18.9 Å². The van der Waals surface area contributed by atoms with E-state index in [1.807, 2.05) is 73.9 Å². The number of anilines is 1. The van der Waals surface area contributed by atoms with Crippen molar-refractivity contribution in [3.05, 3.63) is 94.8 Å². The van der Waals surface area contributed by atoms with E-state index in [-0.39, 0.29) is 24.1 Å². The van der Waals surface area contributed by atoms with Gasteiger partial charge in [-0.3, -0.25) is 14.2 Å². The maximum Gasteiger partial charge on any atom is 0.255 e. The number of aromatic nitrogens is 3. The van der Waals surface area contributed by atoms with Gasteiger partial charge >= 0.3 is 0 Å². The Kier molecular flexibility index (Phi) is 8.25. The summed E-state index contributed by atoms with van der Waals surface area (Å²) in [5.74, 6) is 0.784. The van der Waals surface area contributed by atoms with E-state index in [0.717, 1.165) is 28.1 Å². The summed E-state index contributed by atoms with van der Waals surface area (Å²) < 4.78 is 7.21. The lowest BCUT2D eigenvalue weighted by Crippen LogP contribution is -2.25. The molecule has 9 heteroatoms. The number of rotatable bonds is 9. The molecule has 2 amide bonds. The Morgan fingerprint density at radius 3 is 2.54 bits per heavy atom. The van der Waals surface area contributed by atoms with E-state index in [0.29, 0.717) is 22.3 Å². The van der Waals surface area contributed by atoms with Crippen LogP contribution < -0.4 is 15.4 Å². The molecule has 0 bridgehead atoms. The van der Waals surface area contributed by atoms with Crippen LogP contribution in [-0.4, -0.2) is 39.4 Å². The standard InChI is InChI=1S/C28H29N5O3S/c1-18-9-7-11-21(15-18)30-26(34)17-37-28-32-31-25(33(28)23-13-8-10-19(2)20(23)3)16-29-27(35)22-12-5-6-14-24(22)36-4/h5-15H,16-17H2,1-4H3,(H,29,35)(H,30,34). The van der Waals surface area contributed by atoms with Crippen molar-refractivity contribution in [2.75, 3.05) is 18.2 Å². The largest absolute Gasteiger partial charge is 0.496 e. The van der Waals surface area contributed by atoms with Crippen LogP contribution in [0.4, 0.5) is 5.69 Å². The van der Waals surface area contributed by atoms with Crippen LogP contribution in [0.5, 0.6) is 5.75 Å². The summed E-state index contributed by atoms with van der Waals surface area (Å²) in [7, 11) is 1.53. The molecule has 1 heterocycles. The highest BCUT2D eigenvalue weighted by Crippen LogP contribution is 2.26. The van der Waals surface area contributed by atoms with Crippen molar-refractivity contribution < 1.29 is 14.3 Å². The lowest BCUT2D eigenvalue weighted by molar-refractivity contribution is -0.113. The molecular weight excluding hydrogens is 486 g/mol. The average Bonchev–Trinajstić information content (AvgIpc) is 3.30. The van der Waals surface area contributed by atoms with Gasteiger partial charge < -0.3 is 15.4 Å². The van der Waals surface area contributed by atoms with Crippen molar-refractivity contribution in [2.45, 2.75) is 32.5 Å². The molecule has 0 unspecified atom stereocenters. The molecule has 3 aromatic carbocycles. The topological polar surface area (TPSA) is 98.1 Å². The highest BCUT2D eigenvalue weighted by molar-refractivity contribution is 7.99. The molecule has 4 rings (SSSR count). The molecule has 1 aromatic heterocycles. The van der Waals surface area contributed by atoms with Crippen molar-refractivity contribution >= 4 is 29.3 Å². The Morgan fingerprint density at radius 2 is 1.76 bits per heavy atom. The van der Waals surface area contributed by atoms with Crippen molar-refractivity contribution in [1.82, 2.24) is 20.1 Å². The number of aryl methyl sites for hydroxylation is 2. The minimum absolute atomic E-state index is 0.142. The van der Waals surface area contributed by atoms with E-state index >= 15 is 0 Å². The molecular formula is C28H29N5O3S. The molecule has 37 heavy (non-hydrogen) atoms. The number of ether oxygens (including phenoxy) is 1. The van der Waals surface area contributed by atoms with Crippen LogP contribution in [0.15, 0.2) is 71.9 Å². The predicted molar refractivity (Wildman–Crippen MR) is 146 cm³/mol. The second-order valence-electron chi connectivity index (χ2n) is 8.54. The van der Waals surface area contributed by atoms with Crippen LogP contribution >= 0.6 is 11.8 Å². The number of para-hydroxylation sites is 1. The Bertz CT molecular complexity index is 1430. The summed E-state index contributed by atoms with van der Waals surface area (Å²) in [4.78, 5) is 25.5. The Hall–Kier alpha value is -4.11. The van der Waals surface area contributed by atoms with Crippen LogP contribution in [0.2, 0.25) is 0 Å². The van der Waals surface area contributed by atoms with Crippen LogP contribution in [0.1, 0.15) is 32.9 Å². The van der Waals surface area contributed by atoms with Crippen LogP contribution in [-0.2, 0) is 11.3 Å². The van der Waals surface area contributed by atoms with Gasteiger partial charge in [0.15, 0.2) is 11.0 Å². The molecule has 0 radical (unpaired) electrons. The molecule has 0 saturated carbocycles.